The molecule has 2 aromatic carbocycles. The molecule has 8 nitrogen and oxygen atoms in total. The summed E-state index contributed by atoms with van der Waals surface area (Å²) in [5.74, 6) is -1.60. The number of rotatable bonds is 6. The van der Waals surface area contributed by atoms with Gasteiger partial charge in [-0.2, -0.15) is 0 Å². The van der Waals surface area contributed by atoms with Crippen LogP contribution in [0.2, 0.25) is 0 Å². The number of piperazine rings is 1. The van der Waals surface area contributed by atoms with Gasteiger partial charge in [0.05, 0.1) is 17.9 Å². The first-order chi connectivity index (χ1) is 15.9. The number of nitrogens with one attached hydrogen (secondary N) is 1. The molecule has 0 bridgehead atoms. The Morgan fingerprint density at radius 2 is 1.61 bits per heavy atom. The van der Waals surface area contributed by atoms with Crippen molar-refractivity contribution in [2.45, 2.75) is 6.92 Å². The molecule has 9 heteroatoms. The van der Waals surface area contributed by atoms with E-state index in [1.165, 1.54) is 31.2 Å². The summed E-state index contributed by atoms with van der Waals surface area (Å²) in [6.07, 6.45) is 0. The van der Waals surface area contributed by atoms with Crippen molar-refractivity contribution < 1.29 is 23.9 Å². The van der Waals surface area contributed by atoms with Crippen molar-refractivity contribution >= 4 is 34.7 Å². The van der Waals surface area contributed by atoms with Crippen molar-refractivity contribution in [2.24, 2.45) is 0 Å². The molecule has 1 saturated heterocycles. The number of halogens is 1. The third-order valence-electron chi connectivity index (χ3n) is 5.74. The number of amides is 3. The zero-order valence-electron chi connectivity index (χ0n) is 18.3. The lowest BCUT2D eigenvalue weighted by Crippen LogP contribution is -2.48. The Morgan fingerprint density at radius 3 is 2.18 bits per heavy atom. The number of anilines is 2. The van der Waals surface area contributed by atoms with Gasteiger partial charge in [-0.3, -0.25) is 19.3 Å². The van der Waals surface area contributed by atoms with Crippen molar-refractivity contribution in [3.8, 4) is 0 Å². The van der Waals surface area contributed by atoms with E-state index in [0.717, 1.165) is 4.90 Å². The Balaban J connectivity index is 1.71. The van der Waals surface area contributed by atoms with Crippen LogP contribution in [0.5, 0.6) is 0 Å². The van der Waals surface area contributed by atoms with Gasteiger partial charge in [0.25, 0.3) is 11.8 Å². The molecule has 0 unspecified atom stereocenters. The first kappa shape index (κ1) is 22.6. The van der Waals surface area contributed by atoms with Crippen LogP contribution in [0.4, 0.5) is 15.8 Å². The van der Waals surface area contributed by atoms with E-state index in [1.807, 2.05) is 4.90 Å². The lowest BCUT2D eigenvalue weighted by molar-refractivity contribution is -0.121. The van der Waals surface area contributed by atoms with Gasteiger partial charge in [-0.25, -0.2) is 9.29 Å². The van der Waals surface area contributed by atoms with Crippen LogP contribution in [0.15, 0.2) is 54.2 Å². The number of hydrogen-bond acceptors (Lipinski definition) is 6. The maximum atomic E-state index is 13.5. The fourth-order valence-corrected chi connectivity index (χ4v) is 4.16. The van der Waals surface area contributed by atoms with Crippen molar-refractivity contribution in [3.05, 3.63) is 65.6 Å². The van der Waals surface area contributed by atoms with Crippen LogP contribution in [0.1, 0.15) is 12.5 Å². The Morgan fingerprint density at radius 1 is 0.970 bits per heavy atom. The zero-order chi connectivity index (χ0) is 23.5. The molecule has 0 aliphatic carbocycles. The number of imide groups is 1. The molecule has 0 atom stereocenters. The number of aliphatic hydroxyl groups is 1. The van der Waals surface area contributed by atoms with Crippen molar-refractivity contribution in [1.82, 2.24) is 9.80 Å². The van der Waals surface area contributed by atoms with E-state index < -0.39 is 17.6 Å². The number of aliphatic hydroxyl groups excluding tert-OH is 1. The summed E-state index contributed by atoms with van der Waals surface area (Å²) < 4.78 is 13.4. The molecule has 1 fully saturated rings. The van der Waals surface area contributed by atoms with E-state index in [0.29, 0.717) is 55.4 Å². The Labute approximate surface area is 190 Å². The minimum absolute atomic E-state index is 0.0599. The number of nitrogens with zero attached hydrogens (tertiary/aromatic N) is 3. The van der Waals surface area contributed by atoms with Gasteiger partial charge < -0.3 is 15.3 Å². The predicted octanol–water partition coefficient (Wildman–Crippen LogP) is 1.68. The van der Waals surface area contributed by atoms with Crippen LogP contribution in [0.25, 0.3) is 5.57 Å². The van der Waals surface area contributed by atoms with E-state index in [2.05, 4.69) is 10.2 Å². The Hall–Kier alpha value is -3.56. The van der Waals surface area contributed by atoms with Gasteiger partial charge in [0.1, 0.15) is 11.5 Å². The van der Waals surface area contributed by atoms with E-state index in [-0.39, 0.29) is 18.1 Å². The summed E-state index contributed by atoms with van der Waals surface area (Å²) in [5.41, 5.74) is 2.01. The normalized spacial score (nSPS) is 17.2. The maximum Gasteiger partial charge on any atom is 0.282 e. The number of benzene rings is 2. The van der Waals surface area contributed by atoms with E-state index in [9.17, 15) is 23.9 Å². The fourth-order valence-electron chi connectivity index (χ4n) is 4.16. The third kappa shape index (κ3) is 4.64. The van der Waals surface area contributed by atoms with Crippen LogP contribution in [0, 0.1) is 5.82 Å². The lowest BCUT2D eigenvalue weighted by atomic mass is 10.0. The second kappa shape index (κ2) is 9.51. The average Bonchev–Trinajstić information content (AvgIpc) is 3.05. The molecular weight excluding hydrogens is 427 g/mol. The minimum atomic E-state index is -0.480. The number of carbonyl (C=O) groups excluding carboxylic acids is 3. The molecule has 172 valence electrons. The molecule has 2 heterocycles. The van der Waals surface area contributed by atoms with Gasteiger partial charge in [0, 0.05) is 45.3 Å². The summed E-state index contributed by atoms with van der Waals surface area (Å²) in [4.78, 5) is 43.4. The summed E-state index contributed by atoms with van der Waals surface area (Å²) in [7, 11) is 0. The van der Waals surface area contributed by atoms with Gasteiger partial charge in [0.2, 0.25) is 5.91 Å². The highest BCUT2D eigenvalue weighted by Gasteiger charge is 2.43. The maximum absolute atomic E-state index is 13.5. The molecule has 0 aromatic heterocycles. The second-order valence-corrected chi connectivity index (χ2v) is 7.96. The molecular formula is C24H25FN4O4. The van der Waals surface area contributed by atoms with Crippen LogP contribution >= 0.6 is 0 Å². The first-order valence-electron chi connectivity index (χ1n) is 10.7. The number of carbonyl (C=O) groups is 3. The molecule has 0 saturated carbocycles. The van der Waals surface area contributed by atoms with E-state index in [4.69, 9.17) is 0 Å². The van der Waals surface area contributed by atoms with Gasteiger partial charge in [0.15, 0.2) is 0 Å². The topological polar surface area (TPSA) is 93.2 Å². The van der Waals surface area contributed by atoms with Crippen molar-refractivity contribution in [2.75, 3.05) is 49.5 Å². The summed E-state index contributed by atoms with van der Waals surface area (Å²) in [5, 5.41) is 11.9. The highest BCUT2D eigenvalue weighted by molar-refractivity contribution is 6.45. The standard InChI is InChI=1S/C24H25FN4O4/c1-16(31)26-19-6-2-17(3-7-19)21-22(28-12-10-27(11-13-28)14-15-30)24(33)29(23(21)32)20-8-4-18(25)5-9-20/h2-9,30H,10-15H2,1H3,(H,26,31). The smallest absolute Gasteiger partial charge is 0.282 e. The first-order valence-corrected chi connectivity index (χ1v) is 10.7. The van der Waals surface area contributed by atoms with Crippen LogP contribution < -0.4 is 10.2 Å². The molecule has 33 heavy (non-hydrogen) atoms. The molecule has 2 aliphatic heterocycles. The van der Waals surface area contributed by atoms with E-state index >= 15 is 0 Å². The monoisotopic (exact) mass is 452 g/mol. The largest absolute Gasteiger partial charge is 0.395 e. The highest BCUT2D eigenvalue weighted by atomic mass is 19.1. The molecule has 3 amide bonds. The molecule has 2 aliphatic rings. The SMILES string of the molecule is CC(=O)Nc1ccc(C2=C(N3CCN(CCO)CC3)C(=O)N(c3ccc(F)cc3)C2=O)cc1. The van der Waals surface area contributed by atoms with Gasteiger partial charge in [-0.15, -0.1) is 0 Å². The van der Waals surface area contributed by atoms with E-state index in [1.54, 1.807) is 24.3 Å². The van der Waals surface area contributed by atoms with Gasteiger partial charge in [-0.05, 0) is 42.0 Å². The van der Waals surface area contributed by atoms with Crippen molar-refractivity contribution in [1.29, 1.82) is 0 Å². The fraction of sp³-hybridized carbons (Fsp3) is 0.292. The quantitative estimate of drug-likeness (QED) is 0.648. The predicted molar refractivity (Wildman–Crippen MR) is 122 cm³/mol. The summed E-state index contributed by atoms with van der Waals surface area (Å²) in [6.45, 7) is 4.37. The summed E-state index contributed by atoms with van der Waals surface area (Å²) in [6, 6.07) is 12.0. The summed E-state index contributed by atoms with van der Waals surface area (Å²) >= 11 is 0. The van der Waals surface area contributed by atoms with Gasteiger partial charge in [-0.1, -0.05) is 12.1 Å². The van der Waals surface area contributed by atoms with Crippen molar-refractivity contribution in [3.63, 3.8) is 0 Å². The molecule has 0 spiro atoms. The third-order valence-corrected chi connectivity index (χ3v) is 5.74. The zero-order valence-corrected chi connectivity index (χ0v) is 18.3. The Kier molecular flexibility index (Phi) is 6.52. The number of β-amino-alcohol motifs (C(OH)–C–C–N with tert-alkyl or cyclic N) is 1. The Bertz CT molecular complexity index is 1090. The van der Waals surface area contributed by atoms with Crippen LogP contribution in [-0.2, 0) is 14.4 Å². The molecule has 2 N–H and O–H groups in total. The van der Waals surface area contributed by atoms with Gasteiger partial charge >= 0.3 is 0 Å². The van der Waals surface area contributed by atoms with Crippen LogP contribution in [0.3, 0.4) is 0 Å². The molecule has 2 aromatic rings. The number of hydrogen-bond donors (Lipinski definition) is 2. The highest BCUT2D eigenvalue weighted by Crippen LogP contribution is 2.35. The minimum Gasteiger partial charge on any atom is -0.395 e. The second-order valence-electron chi connectivity index (χ2n) is 7.96. The lowest BCUT2D eigenvalue weighted by Gasteiger charge is -2.36. The van der Waals surface area contributed by atoms with Crippen LogP contribution in [-0.4, -0.2) is 72.0 Å². The molecule has 4 rings (SSSR count). The average molecular weight is 452 g/mol. The molecule has 0 radical (unpaired) electrons.